The van der Waals surface area contributed by atoms with Crippen molar-refractivity contribution in [1.82, 2.24) is 0 Å². The van der Waals surface area contributed by atoms with Crippen molar-refractivity contribution in [2.75, 3.05) is 0 Å². The van der Waals surface area contributed by atoms with Crippen molar-refractivity contribution in [2.24, 2.45) is 27.2 Å². The maximum atomic E-state index is 6.72. The molecule has 0 amide bonds. The Morgan fingerprint density at radius 3 is 2.38 bits per heavy atom. The van der Waals surface area contributed by atoms with Crippen molar-refractivity contribution in [3.8, 4) is 0 Å². The second-order valence-electron chi connectivity index (χ2n) is 11.5. The van der Waals surface area contributed by atoms with Gasteiger partial charge in [-0.15, -0.1) is 18.2 Å². The molecule has 0 N–H and O–H groups in total. The molecule has 0 heterocycles. The van der Waals surface area contributed by atoms with Crippen LogP contribution in [0.5, 0.6) is 0 Å². The van der Waals surface area contributed by atoms with Crippen LogP contribution < -0.4 is 0 Å². The van der Waals surface area contributed by atoms with Crippen LogP contribution in [-0.4, -0.2) is 17.6 Å². The number of unbranched alkanes of at least 4 members (excludes halogenated alkanes) is 2. The molecule has 1 nitrogen and oxygen atoms in total. The molecule has 32 heavy (non-hydrogen) atoms. The van der Waals surface area contributed by atoms with Crippen LogP contribution >= 0.6 is 11.6 Å². The second-order valence-corrected chi connectivity index (χ2v) is 12.1. The monoisotopic (exact) mass is 461 g/mol. The van der Waals surface area contributed by atoms with Crippen LogP contribution in [0.3, 0.4) is 0 Å². The maximum absolute atomic E-state index is 6.72. The molecule has 0 spiro atoms. The number of halogens is 1. The number of alkyl halides is 1. The largest absolute Gasteiger partial charge is 0.290 e. The van der Waals surface area contributed by atoms with E-state index in [2.05, 4.69) is 65.6 Å². The normalized spacial score (nSPS) is 38.5. The Morgan fingerprint density at radius 2 is 1.75 bits per heavy atom. The molecule has 184 valence electrons. The fourth-order valence-electron chi connectivity index (χ4n) is 6.54. The maximum Gasteiger partial charge on any atom is 0.0681 e. The number of hydrogen-bond acceptors (Lipinski definition) is 1. The van der Waals surface area contributed by atoms with Crippen molar-refractivity contribution >= 4 is 17.8 Å². The first kappa shape index (κ1) is 27.7. The molecule has 6 atom stereocenters. The number of nitrogens with zero attached hydrogens (tertiary/aromatic N) is 1. The summed E-state index contributed by atoms with van der Waals surface area (Å²) < 4.78 is 0. The molecule has 0 aromatic carbocycles. The van der Waals surface area contributed by atoms with Crippen LogP contribution in [0.2, 0.25) is 0 Å². The Kier molecular flexibility index (Phi) is 11.1. The average molecular weight is 462 g/mol. The van der Waals surface area contributed by atoms with E-state index >= 15 is 0 Å². The standard InChI is InChI=1S/C30H52ClN/c1-7-12-19-29(10-4)21-26(31)16-17-27(22-29)32-23-25-15-14-18-28(6,9-3)24-30(25,11-5)20-13-8-2/h11,16-17,23,25-27H,5,7-10,12-15,18-22,24H2,1-4,6H3. The van der Waals surface area contributed by atoms with Crippen LogP contribution in [0.4, 0.5) is 0 Å². The minimum atomic E-state index is 0.145. The summed E-state index contributed by atoms with van der Waals surface area (Å²) in [7, 11) is 0. The quantitative estimate of drug-likeness (QED) is 0.125. The zero-order chi connectivity index (χ0) is 23.7. The number of aliphatic imine (C=N–C) groups is 1. The first-order valence-electron chi connectivity index (χ1n) is 13.8. The predicted molar refractivity (Wildman–Crippen MR) is 145 cm³/mol. The molecule has 0 aromatic heterocycles. The molecular weight excluding hydrogens is 410 g/mol. The van der Waals surface area contributed by atoms with E-state index in [9.17, 15) is 0 Å². The van der Waals surface area contributed by atoms with E-state index in [1.807, 2.05) is 0 Å². The van der Waals surface area contributed by atoms with E-state index < -0.39 is 0 Å². The van der Waals surface area contributed by atoms with Gasteiger partial charge >= 0.3 is 0 Å². The lowest BCUT2D eigenvalue weighted by Crippen LogP contribution is -2.34. The average Bonchev–Trinajstić information content (AvgIpc) is 3.05. The number of rotatable bonds is 11. The van der Waals surface area contributed by atoms with Crippen LogP contribution in [0.25, 0.3) is 0 Å². The molecule has 1 saturated carbocycles. The summed E-state index contributed by atoms with van der Waals surface area (Å²) in [5.41, 5.74) is 0.945. The minimum Gasteiger partial charge on any atom is -0.290 e. The molecule has 6 unspecified atom stereocenters. The number of allylic oxidation sites excluding steroid dienone is 2. The molecular formula is C30H52ClN. The predicted octanol–water partition coefficient (Wildman–Crippen LogP) is 9.94. The van der Waals surface area contributed by atoms with Gasteiger partial charge in [-0.1, -0.05) is 97.8 Å². The fourth-order valence-corrected chi connectivity index (χ4v) is 6.96. The van der Waals surface area contributed by atoms with Gasteiger partial charge in [0, 0.05) is 12.1 Å². The smallest absolute Gasteiger partial charge is 0.0681 e. The summed E-state index contributed by atoms with van der Waals surface area (Å²) in [6.45, 7) is 16.3. The molecule has 0 saturated heterocycles. The first-order chi connectivity index (χ1) is 15.3. The van der Waals surface area contributed by atoms with E-state index in [0.717, 1.165) is 12.8 Å². The molecule has 0 aromatic rings. The molecule has 2 heteroatoms. The van der Waals surface area contributed by atoms with Gasteiger partial charge in [-0.05, 0) is 61.2 Å². The lowest BCUT2D eigenvalue weighted by atomic mass is 9.63. The third-order valence-corrected chi connectivity index (χ3v) is 9.43. The van der Waals surface area contributed by atoms with Crippen molar-refractivity contribution < 1.29 is 0 Å². The SMILES string of the molecule is C=CC1(CCCC)CC(C)(CC)CCCC1C=NC1C=CC(Cl)CC(CC)(CCCC)C1. The zero-order valence-electron chi connectivity index (χ0n) is 22.0. The minimum absolute atomic E-state index is 0.145. The molecule has 0 bridgehead atoms. The molecule has 2 aliphatic rings. The Morgan fingerprint density at radius 1 is 1.03 bits per heavy atom. The lowest BCUT2D eigenvalue weighted by molar-refractivity contribution is 0.152. The molecule has 0 aliphatic heterocycles. The molecule has 2 aliphatic carbocycles. The Balaban J connectivity index is 2.30. The topological polar surface area (TPSA) is 12.4 Å². The summed E-state index contributed by atoms with van der Waals surface area (Å²) in [6, 6.07) is 0.269. The van der Waals surface area contributed by atoms with Crippen LogP contribution in [0.15, 0.2) is 29.8 Å². The van der Waals surface area contributed by atoms with Gasteiger partial charge in [0.25, 0.3) is 0 Å². The Hall–Kier alpha value is -0.560. The summed E-state index contributed by atoms with van der Waals surface area (Å²) >= 11 is 6.72. The first-order valence-corrected chi connectivity index (χ1v) is 14.2. The zero-order valence-corrected chi connectivity index (χ0v) is 22.7. The highest BCUT2D eigenvalue weighted by Crippen LogP contribution is 2.52. The van der Waals surface area contributed by atoms with Gasteiger partial charge in [-0.2, -0.15) is 0 Å². The van der Waals surface area contributed by atoms with E-state index in [4.69, 9.17) is 16.6 Å². The Labute approximate surface area is 205 Å². The van der Waals surface area contributed by atoms with Gasteiger partial charge in [-0.3, -0.25) is 4.99 Å². The van der Waals surface area contributed by atoms with Crippen molar-refractivity contribution in [1.29, 1.82) is 0 Å². The van der Waals surface area contributed by atoms with Crippen molar-refractivity contribution in [2.45, 2.75) is 136 Å². The van der Waals surface area contributed by atoms with Gasteiger partial charge in [0.2, 0.25) is 0 Å². The van der Waals surface area contributed by atoms with Gasteiger partial charge in [0.15, 0.2) is 0 Å². The highest BCUT2D eigenvalue weighted by atomic mass is 35.5. The molecule has 1 fully saturated rings. The van der Waals surface area contributed by atoms with Gasteiger partial charge in [-0.25, -0.2) is 0 Å². The fraction of sp³-hybridized carbons (Fsp3) is 0.833. The van der Waals surface area contributed by atoms with Gasteiger partial charge in [0.05, 0.1) is 11.4 Å². The van der Waals surface area contributed by atoms with E-state index in [-0.39, 0.29) is 16.8 Å². The van der Waals surface area contributed by atoms with E-state index in [0.29, 0.717) is 16.7 Å². The molecule has 2 rings (SSSR count). The second kappa shape index (κ2) is 12.8. The lowest BCUT2D eigenvalue weighted by Gasteiger charge is -2.41. The van der Waals surface area contributed by atoms with Gasteiger partial charge in [0.1, 0.15) is 0 Å². The van der Waals surface area contributed by atoms with E-state index in [1.54, 1.807) is 0 Å². The molecule has 0 radical (unpaired) electrons. The van der Waals surface area contributed by atoms with Crippen LogP contribution in [0, 0.1) is 22.2 Å². The van der Waals surface area contributed by atoms with Crippen LogP contribution in [0.1, 0.15) is 125 Å². The highest BCUT2D eigenvalue weighted by molar-refractivity contribution is 6.21. The van der Waals surface area contributed by atoms with E-state index in [1.165, 1.54) is 77.0 Å². The Bertz CT molecular complexity index is 624. The summed E-state index contributed by atoms with van der Waals surface area (Å²) in [6.07, 6.45) is 26.7. The summed E-state index contributed by atoms with van der Waals surface area (Å²) in [4.78, 5) is 5.30. The third-order valence-electron chi connectivity index (χ3n) is 9.13. The van der Waals surface area contributed by atoms with Crippen LogP contribution in [-0.2, 0) is 0 Å². The third kappa shape index (κ3) is 7.22. The number of hydrogen-bond donors (Lipinski definition) is 0. The summed E-state index contributed by atoms with van der Waals surface area (Å²) in [5.74, 6) is 0.509. The van der Waals surface area contributed by atoms with Crippen molar-refractivity contribution in [3.63, 3.8) is 0 Å². The van der Waals surface area contributed by atoms with Crippen molar-refractivity contribution in [3.05, 3.63) is 24.8 Å². The summed E-state index contributed by atoms with van der Waals surface area (Å²) in [5, 5.41) is 0.145. The van der Waals surface area contributed by atoms with Gasteiger partial charge < -0.3 is 0 Å². The highest BCUT2D eigenvalue weighted by Gasteiger charge is 2.43.